The number of hydrogen-bond donors (Lipinski definition) is 1. The maximum atomic E-state index is 13.4. The molecule has 184 valence electrons. The van der Waals surface area contributed by atoms with Crippen LogP contribution < -0.4 is 9.64 Å². The highest BCUT2D eigenvalue weighted by molar-refractivity contribution is 7.15. The number of aryl methyl sites for hydroxylation is 3. The summed E-state index contributed by atoms with van der Waals surface area (Å²) in [5, 5.41) is 20.6. The van der Waals surface area contributed by atoms with Gasteiger partial charge in [-0.25, -0.2) is 4.98 Å². The highest BCUT2D eigenvalue weighted by atomic mass is 32.1. The summed E-state index contributed by atoms with van der Waals surface area (Å²) in [7, 11) is 0. The fourth-order valence-corrected chi connectivity index (χ4v) is 5.11. The number of Topliss-reactive ketones (excluding diaryl/α,β-unsaturated/α-hetero) is 1. The molecule has 1 amide bonds. The Bertz CT molecular complexity index is 1540. The Morgan fingerprint density at radius 2 is 1.94 bits per heavy atom. The van der Waals surface area contributed by atoms with Crippen LogP contribution in [-0.4, -0.2) is 43.0 Å². The first-order chi connectivity index (χ1) is 17.3. The van der Waals surface area contributed by atoms with Gasteiger partial charge >= 0.3 is 5.91 Å². The molecule has 10 heteroatoms. The minimum absolute atomic E-state index is 0.0512. The number of aliphatic hydroxyl groups excluding tert-OH is 1. The molecular weight excluding hydrogens is 478 g/mol. The van der Waals surface area contributed by atoms with Crippen LogP contribution in [0, 0.1) is 20.8 Å². The smallest absolute Gasteiger partial charge is 0.301 e. The van der Waals surface area contributed by atoms with Crippen LogP contribution in [0.2, 0.25) is 0 Å². The molecule has 1 atom stereocenters. The zero-order chi connectivity index (χ0) is 25.6. The van der Waals surface area contributed by atoms with Gasteiger partial charge in [-0.1, -0.05) is 36.5 Å². The number of hydrogen-bond acceptors (Lipinski definition) is 8. The lowest BCUT2D eigenvalue weighted by Gasteiger charge is -2.23. The fourth-order valence-electron chi connectivity index (χ4n) is 4.40. The average Bonchev–Trinajstić information content (AvgIpc) is 3.52. The monoisotopic (exact) mass is 503 g/mol. The third-order valence-electron chi connectivity index (χ3n) is 6.12. The number of imidazole rings is 1. The topological polar surface area (TPSA) is 110 Å². The first-order valence-electron chi connectivity index (χ1n) is 11.6. The Morgan fingerprint density at radius 3 is 2.64 bits per heavy atom. The molecule has 1 aromatic carbocycles. The maximum absolute atomic E-state index is 13.4. The first kappa shape index (κ1) is 23.7. The number of aliphatic hydroxyl groups is 1. The van der Waals surface area contributed by atoms with Crippen molar-refractivity contribution < 1.29 is 19.4 Å². The number of benzene rings is 1. The molecule has 1 unspecified atom stereocenters. The number of nitrogens with zero attached hydrogens (tertiary/aromatic N) is 5. The van der Waals surface area contributed by atoms with Gasteiger partial charge in [0.1, 0.15) is 22.1 Å². The molecule has 1 N–H and O–H groups in total. The quantitative estimate of drug-likeness (QED) is 0.234. The number of ether oxygens (including phenoxy) is 1. The second-order valence-electron chi connectivity index (χ2n) is 8.62. The van der Waals surface area contributed by atoms with Crippen LogP contribution in [0.4, 0.5) is 5.13 Å². The van der Waals surface area contributed by atoms with Crippen molar-refractivity contribution in [2.45, 2.75) is 40.2 Å². The lowest BCUT2D eigenvalue weighted by Crippen LogP contribution is -2.29. The number of anilines is 1. The molecule has 3 aromatic heterocycles. The van der Waals surface area contributed by atoms with E-state index < -0.39 is 17.7 Å². The van der Waals surface area contributed by atoms with Crippen LogP contribution in [0.5, 0.6) is 5.75 Å². The fraction of sp³-hybridized carbons (Fsp3) is 0.269. The summed E-state index contributed by atoms with van der Waals surface area (Å²) in [6.07, 6.45) is 2.68. The third kappa shape index (κ3) is 3.83. The number of ketones is 1. The van der Waals surface area contributed by atoms with E-state index in [0.717, 1.165) is 12.0 Å². The Hall–Kier alpha value is -4.05. The van der Waals surface area contributed by atoms with E-state index in [1.54, 1.807) is 25.1 Å². The van der Waals surface area contributed by atoms with Crippen LogP contribution in [0.25, 0.3) is 11.4 Å². The summed E-state index contributed by atoms with van der Waals surface area (Å²) in [6.45, 7) is 8.04. The summed E-state index contributed by atoms with van der Waals surface area (Å²) in [5.74, 6) is -1.32. The number of fused-ring (bicyclic) bond motifs is 1. The van der Waals surface area contributed by atoms with Gasteiger partial charge in [-0.2, -0.15) is 0 Å². The molecule has 1 aliphatic heterocycles. The molecule has 36 heavy (non-hydrogen) atoms. The molecule has 4 heterocycles. The van der Waals surface area contributed by atoms with E-state index in [1.807, 2.05) is 49.6 Å². The molecule has 0 radical (unpaired) electrons. The maximum Gasteiger partial charge on any atom is 0.301 e. The van der Waals surface area contributed by atoms with Crippen molar-refractivity contribution in [1.29, 1.82) is 0 Å². The number of rotatable bonds is 6. The van der Waals surface area contributed by atoms with E-state index >= 15 is 0 Å². The van der Waals surface area contributed by atoms with E-state index in [2.05, 4.69) is 15.2 Å². The van der Waals surface area contributed by atoms with E-state index in [4.69, 9.17) is 4.74 Å². The van der Waals surface area contributed by atoms with Crippen molar-refractivity contribution in [1.82, 2.24) is 19.6 Å². The molecule has 0 aliphatic carbocycles. The number of amides is 1. The van der Waals surface area contributed by atoms with Crippen molar-refractivity contribution in [3.63, 3.8) is 0 Å². The molecule has 0 saturated carbocycles. The minimum Gasteiger partial charge on any atom is -0.505 e. The SMILES string of the molecule is CCCOc1cccc(C2C(=C(O)c3nc4c(C)cccn4c3C)C(=O)C(=O)N2c2nnc(C)s2)c1. The molecule has 1 fully saturated rings. The second kappa shape index (κ2) is 9.19. The summed E-state index contributed by atoms with van der Waals surface area (Å²) < 4.78 is 7.65. The predicted molar refractivity (Wildman–Crippen MR) is 136 cm³/mol. The largest absolute Gasteiger partial charge is 0.505 e. The van der Waals surface area contributed by atoms with E-state index in [0.29, 0.717) is 34.3 Å². The molecule has 9 nitrogen and oxygen atoms in total. The van der Waals surface area contributed by atoms with Crippen molar-refractivity contribution in [3.8, 4) is 5.75 Å². The van der Waals surface area contributed by atoms with Gasteiger partial charge in [-0.15, -0.1) is 10.2 Å². The van der Waals surface area contributed by atoms with Gasteiger partial charge in [0, 0.05) is 6.20 Å². The van der Waals surface area contributed by atoms with Crippen molar-refractivity contribution in [2.75, 3.05) is 11.5 Å². The lowest BCUT2D eigenvalue weighted by molar-refractivity contribution is -0.132. The molecule has 0 bridgehead atoms. The third-order valence-corrected chi connectivity index (χ3v) is 6.96. The van der Waals surface area contributed by atoms with Crippen LogP contribution >= 0.6 is 11.3 Å². The van der Waals surface area contributed by atoms with Crippen molar-refractivity contribution in [2.24, 2.45) is 0 Å². The Kier molecular flexibility index (Phi) is 6.05. The van der Waals surface area contributed by atoms with Gasteiger partial charge < -0.3 is 14.2 Å². The van der Waals surface area contributed by atoms with Gasteiger partial charge in [0.15, 0.2) is 5.76 Å². The number of pyridine rings is 1. The van der Waals surface area contributed by atoms with E-state index in [1.165, 1.54) is 16.2 Å². The summed E-state index contributed by atoms with van der Waals surface area (Å²) in [4.78, 5) is 32.7. The highest BCUT2D eigenvalue weighted by Gasteiger charge is 2.48. The van der Waals surface area contributed by atoms with Gasteiger partial charge in [0.05, 0.1) is 23.9 Å². The lowest BCUT2D eigenvalue weighted by atomic mass is 9.96. The zero-order valence-electron chi connectivity index (χ0n) is 20.3. The highest BCUT2D eigenvalue weighted by Crippen LogP contribution is 2.43. The van der Waals surface area contributed by atoms with Crippen molar-refractivity contribution in [3.05, 3.63) is 75.7 Å². The van der Waals surface area contributed by atoms with Gasteiger partial charge in [-0.05, 0) is 56.5 Å². The average molecular weight is 504 g/mol. The molecule has 1 saturated heterocycles. The summed E-state index contributed by atoms with van der Waals surface area (Å²) >= 11 is 1.20. The van der Waals surface area contributed by atoms with Gasteiger partial charge in [0.25, 0.3) is 5.78 Å². The van der Waals surface area contributed by atoms with Gasteiger partial charge in [-0.3, -0.25) is 14.5 Å². The summed E-state index contributed by atoms with van der Waals surface area (Å²) in [6, 6.07) is 10.1. The first-order valence-corrected chi connectivity index (χ1v) is 12.4. The number of carbonyl (C=O) groups excluding carboxylic acids is 2. The molecular formula is C26H25N5O4S. The van der Waals surface area contributed by atoms with E-state index in [9.17, 15) is 14.7 Å². The van der Waals surface area contributed by atoms with Crippen LogP contribution in [0.15, 0.2) is 48.2 Å². The summed E-state index contributed by atoms with van der Waals surface area (Å²) in [5.41, 5.74) is 3.04. The standard InChI is InChI=1S/C26H25N5O4S/c1-5-12-35-18-10-6-9-17(13-18)21-19(23(33)25(34)31(21)26-29-28-16(4)36-26)22(32)20-15(3)30-11-7-8-14(2)24(30)27-20/h6-11,13,21,32H,5,12H2,1-4H3. The number of carbonyl (C=O) groups is 2. The van der Waals surface area contributed by atoms with Gasteiger partial charge in [0.2, 0.25) is 5.13 Å². The molecule has 1 aliphatic rings. The molecule has 0 spiro atoms. The molecule has 4 aromatic rings. The zero-order valence-corrected chi connectivity index (χ0v) is 21.2. The van der Waals surface area contributed by atoms with Crippen LogP contribution in [0.3, 0.4) is 0 Å². The second-order valence-corrected chi connectivity index (χ2v) is 9.78. The minimum atomic E-state index is -0.923. The normalized spacial score (nSPS) is 17.3. The van der Waals surface area contributed by atoms with Crippen LogP contribution in [0.1, 0.15) is 46.9 Å². The number of aromatic nitrogens is 4. The Labute approximate surface area is 211 Å². The molecule has 5 rings (SSSR count). The van der Waals surface area contributed by atoms with E-state index in [-0.39, 0.29) is 22.2 Å². The Balaban J connectivity index is 1.73. The Morgan fingerprint density at radius 1 is 1.14 bits per heavy atom. The van der Waals surface area contributed by atoms with Crippen molar-refractivity contribution >= 4 is 39.6 Å². The van der Waals surface area contributed by atoms with Crippen LogP contribution in [-0.2, 0) is 9.59 Å². The predicted octanol–water partition coefficient (Wildman–Crippen LogP) is 4.53.